The summed E-state index contributed by atoms with van der Waals surface area (Å²) in [6, 6.07) is 11.3. The first kappa shape index (κ1) is 20.3. The van der Waals surface area contributed by atoms with Crippen molar-refractivity contribution in [3.8, 4) is 6.07 Å². The maximum atomic E-state index is 12.9. The maximum Gasteiger partial charge on any atom is 0.311 e. The van der Waals surface area contributed by atoms with Gasteiger partial charge in [-0.25, -0.2) is 0 Å². The van der Waals surface area contributed by atoms with Gasteiger partial charge in [0, 0.05) is 19.6 Å². The second-order valence-corrected chi connectivity index (χ2v) is 8.03. The van der Waals surface area contributed by atoms with E-state index in [4.69, 9.17) is 10.00 Å². The van der Waals surface area contributed by atoms with Gasteiger partial charge in [-0.05, 0) is 43.6 Å². The van der Waals surface area contributed by atoms with E-state index in [0.717, 1.165) is 24.8 Å². The number of hydrogen-bond donors (Lipinski definition) is 1. The zero-order valence-corrected chi connectivity index (χ0v) is 16.6. The molecule has 1 aromatic carbocycles. The number of fused-ring (bicyclic) bond motifs is 2. The Balaban J connectivity index is 1.60. The summed E-state index contributed by atoms with van der Waals surface area (Å²) >= 11 is 0. The summed E-state index contributed by atoms with van der Waals surface area (Å²) in [7, 11) is 1.71. The Bertz CT molecular complexity index is 730. The minimum Gasteiger partial charge on any atom is -0.461 e. The van der Waals surface area contributed by atoms with Crippen molar-refractivity contribution >= 4 is 11.9 Å². The average molecular weight is 383 g/mol. The number of esters is 1. The third-order valence-corrected chi connectivity index (χ3v) is 6.16. The highest BCUT2D eigenvalue weighted by molar-refractivity contribution is 5.81. The Kier molecular flexibility index (Phi) is 6.69. The highest BCUT2D eigenvalue weighted by Crippen LogP contribution is 2.49. The van der Waals surface area contributed by atoms with Crippen LogP contribution in [-0.2, 0) is 20.9 Å². The number of rotatable bonds is 8. The molecule has 0 unspecified atom stereocenters. The van der Waals surface area contributed by atoms with Crippen LogP contribution in [0.1, 0.15) is 38.2 Å². The fraction of sp³-hybridized carbons (Fsp3) is 0.591. The van der Waals surface area contributed by atoms with E-state index in [2.05, 4.69) is 11.4 Å². The van der Waals surface area contributed by atoms with Gasteiger partial charge in [-0.2, -0.15) is 5.26 Å². The molecule has 0 radical (unpaired) electrons. The summed E-state index contributed by atoms with van der Waals surface area (Å²) in [6.45, 7) is 2.54. The second kappa shape index (κ2) is 9.20. The standard InChI is InChI=1S/C22H29N3O3/c1-15(21(26)25(2)12-6-11-23)24-20-18-10-9-17(13-18)19(20)22(27)28-14-16-7-4-3-5-8-16/h3-5,7-8,15,17-20,24H,6,9-10,12-14H2,1-2H3/t15-,17-,18-,19+,20+/m0/s1. The highest BCUT2D eigenvalue weighted by atomic mass is 16.5. The van der Waals surface area contributed by atoms with Gasteiger partial charge in [0.25, 0.3) is 0 Å². The molecule has 6 nitrogen and oxygen atoms in total. The van der Waals surface area contributed by atoms with Gasteiger partial charge in [0.15, 0.2) is 0 Å². The van der Waals surface area contributed by atoms with Crippen molar-refractivity contribution in [1.29, 1.82) is 5.26 Å². The van der Waals surface area contributed by atoms with E-state index in [1.807, 2.05) is 37.3 Å². The molecule has 5 atom stereocenters. The van der Waals surface area contributed by atoms with Crippen molar-refractivity contribution in [1.82, 2.24) is 10.2 Å². The first-order chi connectivity index (χ1) is 13.5. The van der Waals surface area contributed by atoms with E-state index < -0.39 is 6.04 Å². The van der Waals surface area contributed by atoms with Crippen LogP contribution in [-0.4, -0.2) is 42.5 Å². The summed E-state index contributed by atoms with van der Waals surface area (Å²) in [5.41, 5.74) is 0.978. The topological polar surface area (TPSA) is 82.4 Å². The Morgan fingerprint density at radius 1 is 1.29 bits per heavy atom. The lowest BCUT2D eigenvalue weighted by atomic mass is 9.84. The molecule has 0 saturated heterocycles. The number of carbonyl (C=O) groups is 2. The number of nitrogens with zero attached hydrogens (tertiary/aromatic N) is 2. The Morgan fingerprint density at radius 3 is 2.71 bits per heavy atom. The molecule has 0 aromatic heterocycles. The van der Waals surface area contributed by atoms with Crippen LogP contribution in [0.2, 0.25) is 0 Å². The minimum atomic E-state index is -0.391. The predicted molar refractivity (Wildman–Crippen MR) is 105 cm³/mol. The largest absolute Gasteiger partial charge is 0.461 e. The SMILES string of the molecule is C[C@H](N[C@@H]1[C@H]2CC[C@@H](C2)[C@H]1C(=O)OCc1ccccc1)C(=O)N(C)CCC#N. The summed E-state index contributed by atoms with van der Waals surface area (Å²) in [6.07, 6.45) is 3.49. The Morgan fingerprint density at radius 2 is 2.00 bits per heavy atom. The van der Waals surface area contributed by atoms with E-state index in [9.17, 15) is 9.59 Å². The molecule has 2 fully saturated rings. The number of amides is 1. The number of nitriles is 1. The summed E-state index contributed by atoms with van der Waals surface area (Å²) in [4.78, 5) is 27.0. The fourth-order valence-electron chi connectivity index (χ4n) is 4.71. The van der Waals surface area contributed by atoms with E-state index >= 15 is 0 Å². The van der Waals surface area contributed by atoms with Gasteiger partial charge < -0.3 is 15.0 Å². The Hall–Kier alpha value is -2.39. The number of nitrogens with one attached hydrogen (secondary N) is 1. The molecule has 2 saturated carbocycles. The van der Waals surface area contributed by atoms with Crippen molar-refractivity contribution in [2.75, 3.05) is 13.6 Å². The van der Waals surface area contributed by atoms with Gasteiger partial charge >= 0.3 is 5.97 Å². The van der Waals surface area contributed by atoms with Crippen LogP contribution < -0.4 is 5.32 Å². The number of carbonyl (C=O) groups excluding carboxylic acids is 2. The zero-order valence-electron chi connectivity index (χ0n) is 16.6. The Labute approximate surface area is 166 Å². The van der Waals surface area contributed by atoms with E-state index in [-0.39, 0.29) is 30.4 Å². The maximum absolute atomic E-state index is 12.9. The van der Waals surface area contributed by atoms with Crippen LogP contribution in [0.15, 0.2) is 30.3 Å². The van der Waals surface area contributed by atoms with Crippen molar-refractivity contribution < 1.29 is 14.3 Å². The molecular formula is C22H29N3O3. The van der Waals surface area contributed by atoms with Crippen molar-refractivity contribution in [2.45, 2.75) is 51.3 Å². The van der Waals surface area contributed by atoms with Crippen LogP contribution in [0.3, 0.4) is 0 Å². The molecule has 2 bridgehead atoms. The highest BCUT2D eigenvalue weighted by Gasteiger charge is 2.52. The molecule has 2 aliphatic carbocycles. The summed E-state index contributed by atoms with van der Waals surface area (Å²) in [5.74, 6) is 0.353. The zero-order chi connectivity index (χ0) is 20.1. The summed E-state index contributed by atoms with van der Waals surface area (Å²) < 4.78 is 5.63. The van der Waals surface area contributed by atoms with Crippen LogP contribution >= 0.6 is 0 Å². The quantitative estimate of drug-likeness (QED) is 0.698. The molecule has 0 spiro atoms. The lowest BCUT2D eigenvalue weighted by Crippen LogP contribution is -2.53. The first-order valence-corrected chi connectivity index (χ1v) is 10.1. The number of benzene rings is 1. The van der Waals surface area contributed by atoms with Gasteiger partial charge in [-0.3, -0.25) is 9.59 Å². The molecule has 6 heteroatoms. The second-order valence-electron chi connectivity index (χ2n) is 8.03. The third kappa shape index (κ3) is 4.53. The molecule has 3 rings (SSSR count). The lowest BCUT2D eigenvalue weighted by molar-refractivity contribution is -0.153. The smallest absolute Gasteiger partial charge is 0.311 e. The van der Waals surface area contributed by atoms with Gasteiger partial charge in [0.05, 0.1) is 24.4 Å². The van der Waals surface area contributed by atoms with Gasteiger partial charge in [0.2, 0.25) is 5.91 Å². The van der Waals surface area contributed by atoms with Crippen LogP contribution in [0.5, 0.6) is 0 Å². The van der Waals surface area contributed by atoms with Crippen molar-refractivity contribution in [2.24, 2.45) is 17.8 Å². The molecule has 1 aromatic rings. The molecule has 0 heterocycles. The number of hydrogen-bond acceptors (Lipinski definition) is 5. The van der Waals surface area contributed by atoms with Crippen LogP contribution in [0, 0.1) is 29.1 Å². The molecule has 1 N–H and O–H groups in total. The molecule has 150 valence electrons. The van der Waals surface area contributed by atoms with Gasteiger partial charge in [-0.1, -0.05) is 30.3 Å². The first-order valence-electron chi connectivity index (χ1n) is 10.1. The number of likely N-dealkylation sites (N-methyl/N-ethyl adjacent to an activating group) is 1. The van der Waals surface area contributed by atoms with Gasteiger partial charge in [0.1, 0.15) is 6.61 Å². The molecular weight excluding hydrogens is 354 g/mol. The monoisotopic (exact) mass is 383 g/mol. The van der Waals surface area contributed by atoms with E-state index in [0.29, 0.717) is 24.8 Å². The average Bonchev–Trinajstić information content (AvgIpc) is 3.32. The lowest BCUT2D eigenvalue weighted by Gasteiger charge is -2.33. The normalized spacial score (nSPS) is 26.5. The molecule has 0 aliphatic heterocycles. The fourth-order valence-corrected chi connectivity index (χ4v) is 4.71. The molecule has 1 amide bonds. The third-order valence-electron chi connectivity index (χ3n) is 6.16. The minimum absolute atomic E-state index is 0.0228. The van der Waals surface area contributed by atoms with Crippen LogP contribution in [0.4, 0.5) is 0 Å². The van der Waals surface area contributed by atoms with Crippen molar-refractivity contribution in [3.05, 3.63) is 35.9 Å². The van der Waals surface area contributed by atoms with Crippen molar-refractivity contribution in [3.63, 3.8) is 0 Å². The van der Waals surface area contributed by atoms with Crippen LogP contribution in [0.25, 0.3) is 0 Å². The predicted octanol–water partition coefficient (Wildman–Crippen LogP) is 2.49. The number of ether oxygens (including phenoxy) is 1. The van der Waals surface area contributed by atoms with E-state index in [1.54, 1.807) is 11.9 Å². The van der Waals surface area contributed by atoms with Gasteiger partial charge in [-0.15, -0.1) is 0 Å². The van der Waals surface area contributed by atoms with E-state index in [1.165, 1.54) is 0 Å². The molecule has 28 heavy (non-hydrogen) atoms. The summed E-state index contributed by atoms with van der Waals surface area (Å²) in [5, 5.41) is 12.1. The molecule has 2 aliphatic rings.